The molecule has 1 nitrogen and oxygen atoms in total. The molecule has 1 spiro atoms. The predicted molar refractivity (Wildman–Crippen MR) is 163 cm³/mol. The van der Waals surface area contributed by atoms with E-state index in [0.29, 0.717) is 0 Å². The van der Waals surface area contributed by atoms with Crippen molar-refractivity contribution in [3.05, 3.63) is 150 Å². The zero-order chi connectivity index (χ0) is 25.7. The summed E-state index contributed by atoms with van der Waals surface area (Å²) in [4.78, 5) is 0. The Morgan fingerprint density at radius 2 is 0.923 bits per heavy atom. The molecule has 0 saturated carbocycles. The minimum absolute atomic E-state index is 0.447. The van der Waals surface area contributed by atoms with Crippen LogP contribution in [0.5, 0.6) is 0 Å². The predicted octanol–water partition coefficient (Wildman–Crippen LogP) is 7.73. The number of fused-ring (bicyclic) bond motifs is 16. The highest BCUT2D eigenvalue weighted by Crippen LogP contribution is 2.63. The number of rotatable bonds is 1. The van der Waals surface area contributed by atoms with E-state index >= 15 is 0 Å². The molecular weight excluding hydrogens is 471 g/mol. The van der Waals surface area contributed by atoms with Crippen LogP contribution in [0.15, 0.2) is 127 Å². The van der Waals surface area contributed by atoms with Crippen molar-refractivity contribution in [1.29, 1.82) is 0 Å². The van der Waals surface area contributed by atoms with Crippen LogP contribution in [0.2, 0.25) is 0 Å². The molecular formula is C37H22BO. The quantitative estimate of drug-likeness (QED) is 0.183. The second-order valence-corrected chi connectivity index (χ2v) is 10.8. The van der Waals surface area contributed by atoms with Crippen LogP contribution in [-0.4, -0.2) is 12.5 Å². The Morgan fingerprint density at radius 1 is 0.410 bits per heavy atom. The smallest absolute Gasteiger partial charge is 0.327 e. The van der Waals surface area contributed by atoms with Crippen LogP contribution in [0.1, 0.15) is 22.3 Å². The third-order valence-electron chi connectivity index (χ3n) is 9.15. The Labute approximate surface area is 227 Å². The SMILES string of the molecule is O[B]c1cccc2c1-c1ccccc1C21c2ccccc2-c2cc3c4ccccc4c4ccccc4c3cc21. The van der Waals surface area contributed by atoms with E-state index in [9.17, 15) is 5.02 Å². The van der Waals surface area contributed by atoms with Gasteiger partial charge in [-0.15, -0.1) is 0 Å². The normalized spacial score (nSPS) is 16.4. The summed E-state index contributed by atoms with van der Waals surface area (Å²) >= 11 is 0. The number of hydrogen-bond acceptors (Lipinski definition) is 1. The average Bonchev–Trinajstić information content (AvgIpc) is 3.47. The molecule has 179 valence electrons. The van der Waals surface area contributed by atoms with Gasteiger partial charge < -0.3 is 5.02 Å². The van der Waals surface area contributed by atoms with Crippen molar-refractivity contribution in [3.8, 4) is 22.3 Å². The van der Waals surface area contributed by atoms with Crippen molar-refractivity contribution >= 4 is 45.3 Å². The number of hydrogen-bond donors (Lipinski definition) is 1. The van der Waals surface area contributed by atoms with Gasteiger partial charge in [0.25, 0.3) is 0 Å². The molecule has 2 aliphatic carbocycles. The molecule has 7 aromatic rings. The fraction of sp³-hybridized carbons (Fsp3) is 0.0270. The van der Waals surface area contributed by atoms with E-state index in [0.717, 1.165) is 11.0 Å². The summed E-state index contributed by atoms with van der Waals surface area (Å²) in [5.41, 5.74) is 10.5. The molecule has 0 saturated heterocycles. The third kappa shape index (κ3) is 2.46. The first kappa shape index (κ1) is 21.3. The van der Waals surface area contributed by atoms with Crippen molar-refractivity contribution < 1.29 is 5.02 Å². The molecule has 0 fully saturated rings. The van der Waals surface area contributed by atoms with Gasteiger partial charge in [0.1, 0.15) is 0 Å². The first-order chi connectivity index (χ1) is 19.3. The molecule has 2 aliphatic rings. The highest BCUT2D eigenvalue weighted by atomic mass is 16.2. The Kier molecular flexibility index (Phi) is 4.08. The van der Waals surface area contributed by atoms with Gasteiger partial charge in [0, 0.05) is 0 Å². The molecule has 0 aliphatic heterocycles. The second-order valence-electron chi connectivity index (χ2n) is 10.8. The van der Waals surface area contributed by atoms with E-state index in [1.165, 1.54) is 78.7 Å². The third-order valence-corrected chi connectivity index (χ3v) is 9.15. The highest BCUT2D eigenvalue weighted by molar-refractivity contribution is 6.48. The lowest BCUT2D eigenvalue weighted by Gasteiger charge is -2.31. The lowest BCUT2D eigenvalue weighted by molar-refractivity contribution is 0.615. The summed E-state index contributed by atoms with van der Waals surface area (Å²) in [5, 5.41) is 18.0. The van der Waals surface area contributed by atoms with Crippen LogP contribution in [0.3, 0.4) is 0 Å². The van der Waals surface area contributed by atoms with Gasteiger partial charge in [0.05, 0.1) is 5.41 Å². The first-order valence-corrected chi connectivity index (χ1v) is 13.5. The maximum absolute atomic E-state index is 10.3. The summed E-state index contributed by atoms with van der Waals surface area (Å²) in [6, 6.07) is 46.5. The van der Waals surface area contributed by atoms with Gasteiger partial charge in [-0.05, 0) is 94.4 Å². The van der Waals surface area contributed by atoms with Gasteiger partial charge in [-0.2, -0.15) is 0 Å². The van der Waals surface area contributed by atoms with Crippen LogP contribution in [-0.2, 0) is 5.41 Å². The second kappa shape index (κ2) is 7.47. The fourth-order valence-corrected chi connectivity index (χ4v) is 7.72. The van der Waals surface area contributed by atoms with E-state index in [4.69, 9.17) is 0 Å². The molecule has 1 radical (unpaired) electrons. The molecule has 1 atom stereocenters. The zero-order valence-corrected chi connectivity index (χ0v) is 21.1. The van der Waals surface area contributed by atoms with E-state index < -0.39 is 5.41 Å². The van der Waals surface area contributed by atoms with Gasteiger partial charge in [-0.3, -0.25) is 0 Å². The summed E-state index contributed by atoms with van der Waals surface area (Å²) in [6.07, 6.45) is 0. The maximum Gasteiger partial charge on any atom is 0.327 e. The van der Waals surface area contributed by atoms with E-state index in [-0.39, 0.29) is 0 Å². The number of benzene rings is 7. The Balaban J connectivity index is 1.53. The summed E-state index contributed by atoms with van der Waals surface area (Å²) in [5.74, 6) is 0. The molecule has 7 aromatic carbocycles. The highest BCUT2D eigenvalue weighted by Gasteiger charge is 2.52. The first-order valence-electron chi connectivity index (χ1n) is 13.5. The van der Waals surface area contributed by atoms with Gasteiger partial charge in [0.15, 0.2) is 0 Å². The summed E-state index contributed by atoms with van der Waals surface area (Å²) in [7, 11) is 1.26. The zero-order valence-electron chi connectivity index (χ0n) is 21.1. The van der Waals surface area contributed by atoms with Gasteiger partial charge in [-0.25, -0.2) is 0 Å². The van der Waals surface area contributed by atoms with Crippen molar-refractivity contribution in [2.45, 2.75) is 5.41 Å². The molecule has 2 heteroatoms. The van der Waals surface area contributed by atoms with E-state index in [1.807, 2.05) is 6.07 Å². The Hall–Kier alpha value is -4.66. The molecule has 1 unspecified atom stereocenters. The van der Waals surface area contributed by atoms with Crippen LogP contribution >= 0.6 is 0 Å². The van der Waals surface area contributed by atoms with Crippen molar-refractivity contribution in [2.24, 2.45) is 0 Å². The monoisotopic (exact) mass is 493 g/mol. The van der Waals surface area contributed by atoms with Crippen LogP contribution in [0.25, 0.3) is 54.6 Å². The Bertz CT molecular complexity index is 2180. The maximum atomic E-state index is 10.3. The van der Waals surface area contributed by atoms with E-state index in [2.05, 4.69) is 121 Å². The molecule has 0 heterocycles. The summed E-state index contributed by atoms with van der Waals surface area (Å²) < 4.78 is 0. The van der Waals surface area contributed by atoms with Gasteiger partial charge in [-0.1, -0.05) is 115 Å². The van der Waals surface area contributed by atoms with Crippen molar-refractivity contribution in [1.82, 2.24) is 0 Å². The molecule has 1 N–H and O–H groups in total. The van der Waals surface area contributed by atoms with Gasteiger partial charge >= 0.3 is 7.48 Å². The van der Waals surface area contributed by atoms with Crippen molar-refractivity contribution in [2.75, 3.05) is 0 Å². The van der Waals surface area contributed by atoms with Crippen LogP contribution < -0.4 is 5.46 Å². The minimum atomic E-state index is -0.447. The minimum Gasteiger partial charge on any atom is -0.450 e. The van der Waals surface area contributed by atoms with Gasteiger partial charge in [0.2, 0.25) is 0 Å². The Morgan fingerprint density at radius 3 is 1.59 bits per heavy atom. The average molecular weight is 493 g/mol. The summed E-state index contributed by atoms with van der Waals surface area (Å²) in [6.45, 7) is 0. The van der Waals surface area contributed by atoms with E-state index in [1.54, 1.807) is 0 Å². The molecule has 9 rings (SSSR count). The van der Waals surface area contributed by atoms with Crippen molar-refractivity contribution in [3.63, 3.8) is 0 Å². The largest absolute Gasteiger partial charge is 0.450 e. The molecule has 0 bridgehead atoms. The molecule has 0 aromatic heterocycles. The molecule has 0 amide bonds. The lowest BCUT2D eigenvalue weighted by Crippen LogP contribution is -2.27. The van der Waals surface area contributed by atoms with Crippen LogP contribution in [0.4, 0.5) is 0 Å². The molecule has 39 heavy (non-hydrogen) atoms. The standard InChI is InChI=1S/C37H22BO/c39-38-35-19-9-18-33-36(35)27-15-6-8-17-32(27)37(33)31-16-7-5-14-26(31)30-20-28-24-12-3-1-10-22(24)23-11-2-4-13-25(23)29(28)21-34(30)37/h1-21,39H. The fourth-order valence-electron chi connectivity index (χ4n) is 7.72. The topological polar surface area (TPSA) is 20.2 Å². The lowest BCUT2D eigenvalue weighted by atomic mass is 9.69. The van der Waals surface area contributed by atoms with Crippen LogP contribution in [0, 0.1) is 0 Å².